The molecule has 4 atom stereocenters. The van der Waals surface area contributed by atoms with Gasteiger partial charge in [-0.05, 0) is 71.5 Å². The molecule has 2 fully saturated rings. The number of aliphatic hydroxyl groups is 1. The molecule has 0 saturated carbocycles. The number of carbonyl (C=O) groups is 4. The molecular weight excluding hydrogens is 871 g/mol. The zero-order valence-corrected chi connectivity index (χ0v) is 41.1. The largest absolute Gasteiger partial charge is 0.507 e. The quantitative estimate of drug-likeness (QED) is 0.164. The second kappa shape index (κ2) is 21.1. The lowest BCUT2D eigenvalue weighted by Crippen LogP contribution is -2.50. The summed E-state index contributed by atoms with van der Waals surface area (Å²) < 4.78 is 18.3. The van der Waals surface area contributed by atoms with Crippen molar-refractivity contribution in [3.8, 4) is 17.2 Å². The molecule has 0 radical (unpaired) electrons. The van der Waals surface area contributed by atoms with E-state index < -0.39 is 53.5 Å². The molecule has 2 aromatic carbocycles. The summed E-state index contributed by atoms with van der Waals surface area (Å²) in [6.45, 7) is 17.7. The summed E-state index contributed by atoms with van der Waals surface area (Å²) in [5.41, 5.74) is -0.373. The molecule has 6 aliphatic heterocycles. The van der Waals surface area contributed by atoms with E-state index in [2.05, 4.69) is 33.9 Å². The highest BCUT2D eigenvalue weighted by Crippen LogP contribution is 2.50. The number of allylic oxidation sites excluding steroid dienone is 4. The average Bonchev–Trinajstić information content (AvgIpc) is 3.79. The van der Waals surface area contributed by atoms with Crippen molar-refractivity contribution in [1.82, 2.24) is 19.6 Å². The van der Waals surface area contributed by atoms with Gasteiger partial charge in [0.1, 0.15) is 35.1 Å². The SMILES string of the molecule is C/C1=C/C=C/C(C)CCC(O)CC(OC(=O)CC(=O)N2CCN(CCN(C)C)CC2)CC/C=C/O[C@@]2(C)Oc3c(C)c(O)c4c(O)c(c5c(c4c3C2=O)=NC2(CCN(CC(C)C)CC2)N=5)NC1=O. The number of phenolic OH excluding ortho intramolecular Hbond substituents is 2. The Morgan fingerprint density at radius 2 is 1.68 bits per heavy atom. The minimum atomic E-state index is -1.89. The molecule has 5 bridgehead atoms. The molecule has 8 rings (SSSR count). The van der Waals surface area contributed by atoms with E-state index in [1.165, 1.54) is 13.2 Å². The number of aromatic hydroxyl groups is 2. The van der Waals surface area contributed by atoms with Crippen LogP contribution in [0.15, 0.2) is 46.1 Å². The number of carbonyl (C=O) groups excluding carboxylic acids is 4. The van der Waals surface area contributed by atoms with Crippen LogP contribution in [0.25, 0.3) is 10.8 Å². The van der Waals surface area contributed by atoms with Crippen molar-refractivity contribution in [2.75, 3.05) is 78.3 Å². The van der Waals surface area contributed by atoms with Gasteiger partial charge in [0.2, 0.25) is 5.91 Å². The van der Waals surface area contributed by atoms with E-state index in [1.807, 2.05) is 27.1 Å². The van der Waals surface area contributed by atoms with E-state index >= 15 is 0 Å². The number of rotatable bonds is 8. The highest BCUT2D eigenvalue weighted by atomic mass is 16.7. The third-order valence-electron chi connectivity index (χ3n) is 13.8. The number of benzene rings is 2. The number of anilines is 1. The van der Waals surface area contributed by atoms with Gasteiger partial charge in [-0.25, -0.2) is 0 Å². The lowest BCUT2D eigenvalue weighted by atomic mass is 9.93. The third-order valence-corrected chi connectivity index (χ3v) is 13.8. The topological polar surface area (TPSA) is 206 Å². The zero-order valence-electron chi connectivity index (χ0n) is 41.1. The summed E-state index contributed by atoms with van der Waals surface area (Å²) in [5, 5.41) is 38.6. The molecule has 0 aromatic heterocycles. The summed E-state index contributed by atoms with van der Waals surface area (Å²) in [6.07, 6.45) is 9.33. The first-order valence-corrected chi connectivity index (χ1v) is 24.3. The summed E-state index contributed by atoms with van der Waals surface area (Å²) in [4.78, 5) is 73.9. The predicted octanol–water partition coefficient (Wildman–Crippen LogP) is 4.49. The van der Waals surface area contributed by atoms with Crippen LogP contribution in [0.3, 0.4) is 0 Å². The molecule has 2 aromatic rings. The lowest BCUT2D eigenvalue weighted by molar-refractivity contribution is -0.155. The van der Waals surface area contributed by atoms with Gasteiger partial charge in [0.05, 0.1) is 28.7 Å². The smallest absolute Gasteiger partial charge is 0.315 e. The lowest BCUT2D eigenvalue weighted by Gasteiger charge is -2.36. The average molecular weight is 942 g/mol. The first kappa shape index (κ1) is 50.5. The van der Waals surface area contributed by atoms with E-state index in [0.29, 0.717) is 63.1 Å². The highest BCUT2D eigenvalue weighted by Gasteiger charge is 2.50. The van der Waals surface area contributed by atoms with Crippen molar-refractivity contribution in [3.63, 3.8) is 0 Å². The number of amides is 2. The summed E-state index contributed by atoms with van der Waals surface area (Å²) in [6, 6.07) is 0. The second-order valence-electron chi connectivity index (χ2n) is 20.1. The molecule has 4 N–H and O–H groups in total. The molecule has 6 aliphatic rings. The van der Waals surface area contributed by atoms with Crippen LogP contribution in [0.5, 0.6) is 17.2 Å². The van der Waals surface area contributed by atoms with Crippen LogP contribution in [-0.2, 0) is 23.9 Å². The number of esters is 1. The fourth-order valence-electron chi connectivity index (χ4n) is 9.71. The van der Waals surface area contributed by atoms with Gasteiger partial charge in [-0.2, -0.15) is 0 Å². The fraction of sp³-hybridized carbons (Fsp3) is 0.608. The number of aliphatic hydroxyl groups excluding tert-OH is 1. The summed E-state index contributed by atoms with van der Waals surface area (Å²) >= 11 is 0. The number of hydrogen-bond donors (Lipinski definition) is 4. The number of nitrogens with one attached hydrogen (secondary N) is 1. The van der Waals surface area contributed by atoms with E-state index in [-0.39, 0.29) is 68.0 Å². The normalized spacial score (nSPS) is 26.7. The van der Waals surface area contributed by atoms with Crippen molar-refractivity contribution in [1.29, 1.82) is 0 Å². The van der Waals surface area contributed by atoms with E-state index in [1.54, 1.807) is 37.0 Å². The van der Waals surface area contributed by atoms with Gasteiger partial charge in [0, 0.05) is 102 Å². The number of likely N-dealkylation sites (N-methyl/N-ethyl adjacent to an activating group) is 1. The van der Waals surface area contributed by atoms with Crippen LogP contribution >= 0.6 is 0 Å². The van der Waals surface area contributed by atoms with Gasteiger partial charge in [0.15, 0.2) is 11.4 Å². The van der Waals surface area contributed by atoms with Crippen LogP contribution in [0.1, 0.15) is 102 Å². The Labute approximate surface area is 399 Å². The van der Waals surface area contributed by atoms with E-state index in [4.69, 9.17) is 24.2 Å². The van der Waals surface area contributed by atoms with Crippen LogP contribution in [0, 0.1) is 18.8 Å². The van der Waals surface area contributed by atoms with Crippen molar-refractivity contribution >= 4 is 40.0 Å². The Balaban J connectivity index is 1.17. The molecule has 1 spiro atoms. The van der Waals surface area contributed by atoms with Crippen LogP contribution in [-0.4, -0.2) is 155 Å². The number of hydrogen-bond acceptors (Lipinski definition) is 15. The number of likely N-dealkylation sites (tertiary alicyclic amines) is 1. The monoisotopic (exact) mass is 942 g/mol. The number of Topliss-reactive ketones (excluding diaryl/α,β-unsaturated/α-hetero) is 1. The van der Waals surface area contributed by atoms with Crippen LogP contribution < -0.4 is 20.8 Å². The van der Waals surface area contributed by atoms with Gasteiger partial charge in [-0.15, -0.1) is 0 Å². The maximum atomic E-state index is 14.7. The first-order chi connectivity index (χ1) is 32.3. The highest BCUT2D eigenvalue weighted by molar-refractivity contribution is 6.19. The number of ether oxygens (including phenoxy) is 3. The molecule has 2 saturated heterocycles. The third kappa shape index (κ3) is 11.2. The summed E-state index contributed by atoms with van der Waals surface area (Å²) in [7, 11) is 4.05. The molecule has 17 heteroatoms. The van der Waals surface area contributed by atoms with E-state index in [9.17, 15) is 34.5 Å². The molecule has 17 nitrogen and oxygen atoms in total. The first-order valence-electron chi connectivity index (χ1n) is 24.3. The fourth-order valence-corrected chi connectivity index (χ4v) is 9.71. The zero-order chi connectivity index (χ0) is 49.1. The number of ketones is 1. The minimum absolute atomic E-state index is 0.0136. The number of fused-ring (bicyclic) bond motifs is 13. The van der Waals surface area contributed by atoms with Crippen molar-refractivity contribution in [2.24, 2.45) is 21.8 Å². The van der Waals surface area contributed by atoms with Gasteiger partial charge in [-0.3, -0.25) is 34.1 Å². The molecule has 3 unspecified atom stereocenters. The number of piperidine rings is 1. The van der Waals surface area contributed by atoms with Crippen molar-refractivity contribution in [2.45, 2.75) is 117 Å². The molecule has 6 heterocycles. The van der Waals surface area contributed by atoms with Crippen LogP contribution in [0.2, 0.25) is 0 Å². The van der Waals surface area contributed by atoms with Gasteiger partial charge < -0.3 is 49.5 Å². The Bertz CT molecular complexity index is 2490. The van der Waals surface area contributed by atoms with Gasteiger partial charge in [0.25, 0.3) is 11.7 Å². The molecule has 370 valence electrons. The van der Waals surface area contributed by atoms with Crippen molar-refractivity contribution < 1.29 is 48.7 Å². The maximum absolute atomic E-state index is 14.7. The number of piperazine rings is 1. The predicted molar refractivity (Wildman–Crippen MR) is 257 cm³/mol. The van der Waals surface area contributed by atoms with Crippen molar-refractivity contribution in [3.05, 3.63) is 58.0 Å². The Morgan fingerprint density at radius 1 is 0.971 bits per heavy atom. The maximum Gasteiger partial charge on any atom is 0.315 e. The van der Waals surface area contributed by atoms with Gasteiger partial charge in [-0.1, -0.05) is 39.0 Å². The minimum Gasteiger partial charge on any atom is -0.507 e. The molecule has 2 amide bonds. The van der Waals surface area contributed by atoms with Gasteiger partial charge >= 0.3 is 11.8 Å². The summed E-state index contributed by atoms with van der Waals surface area (Å²) in [5.74, 6) is -4.18. The Kier molecular flexibility index (Phi) is 15.7. The van der Waals surface area contributed by atoms with Crippen LogP contribution in [0.4, 0.5) is 5.69 Å². The number of nitrogens with zero attached hydrogens (tertiary/aromatic N) is 6. The molecular formula is C51H71N7O10. The Hall–Kier alpha value is -5.36. The molecule has 0 aliphatic carbocycles. The standard InChI is InChI=1S/C51H71N7O10/c1-31(2)30-57-19-17-51(18-20-57)53-42-39-40-45(62)34(5)47-41(39)48(64)50(6,68-47)66-27-10-9-14-36(67-38(61)29-37(60)58-25-23-56(24-26-58)22-21-55(7)8)28-35(59)16-15-32(3)12-11-13-33(4)49(65)52-44(46(40)63)43(42)54-51/h10-13,27,31-32,35-36,59,62-63H,9,14-26,28-30H2,1-8H3,(H,52,65)/b12-11+,27-10+,33-13-/t32?,35?,36?,50-/m0/s1. The Morgan fingerprint density at radius 3 is 2.37 bits per heavy atom. The number of phenols is 2. The van der Waals surface area contributed by atoms with E-state index in [0.717, 1.165) is 45.8 Å². The molecule has 68 heavy (non-hydrogen) atoms. The second-order valence-corrected chi connectivity index (χ2v) is 20.1.